The summed E-state index contributed by atoms with van der Waals surface area (Å²) in [7, 11) is 0. The molecule has 1 saturated carbocycles. The molecule has 6 nitrogen and oxygen atoms in total. The number of anilines is 1. The van der Waals surface area contributed by atoms with Crippen LogP contribution in [0.4, 0.5) is 5.69 Å². The van der Waals surface area contributed by atoms with Crippen LogP contribution in [0.25, 0.3) is 0 Å². The zero-order valence-electron chi connectivity index (χ0n) is 13.6. The molecule has 3 rings (SSSR count). The van der Waals surface area contributed by atoms with E-state index in [1.807, 2.05) is 6.07 Å². The molecular formula is C18H22N4O2. The van der Waals surface area contributed by atoms with E-state index in [1.54, 1.807) is 24.3 Å². The normalized spacial score (nSPS) is 21.4. The van der Waals surface area contributed by atoms with Crippen LogP contribution in [0.15, 0.2) is 24.3 Å². The molecule has 1 aliphatic carbocycles. The standard InChI is InChI=1S/C18H22N4O2/c19-11-13-4-3-5-14(10-13)20-17(23)18(24)21-15-8-9-22(12-15)16-6-1-2-7-16/h3-5,10,15-16H,1-2,6-9,12H2,(H,20,23)(H,21,24)/t15-/m1/s1. The Kier molecular flexibility index (Phi) is 5.11. The fourth-order valence-corrected chi connectivity index (χ4v) is 3.61. The van der Waals surface area contributed by atoms with Crippen molar-refractivity contribution in [2.45, 2.75) is 44.2 Å². The summed E-state index contributed by atoms with van der Waals surface area (Å²) in [4.78, 5) is 26.5. The number of likely N-dealkylation sites (tertiary alicyclic amines) is 1. The zero-order valence-corrected chi connectivity index (χ0v) is 13.6. The summed E-state index contributed by atoms with van der Waals surface area (Å²) in [5.74, 6) is -1.31. The van der Waals surface area contributed by atoms with Gasteiger partial charge in [0.2, 0.25) is 0 Å². The number of nitriles is 1. The number of carbonyl (C=O) groups is 2. The monoisotopic (exact) mass is 326 g/mol. The first-order valence-electron chi connectivity index (χ1n) is 8.52. The largest absolute Gasteiger partial charge is 0.344 e. The fourth-order valence-electron chi connectivity index (χ4n) is 3.61. The molecule has 1 aromatic carbocycles. The number of benzene rings is 1. The van der Waals surface area contributed by atoms with Gasteiger partial charge in [-0.15, -0.1) is 0 Å². The lowest BCUT2D eigenvalue weighted by Crippen LogP contribution is -2.43. The van der Waals surface area contributed by atoms with Gasteiger partial charge >= 0.3 is 11.8 Å². The zero-order chi connectivity index (χ0) is 16.9. The average molecular weight is 326 g/mol. The van der Waals surface area contributed by atoms with Gasteiger partial charge in [-0.05, 0) is 37.5 Å². The highest BCUT2D eigenvalue weighted by atomic mass is 16.2. The molecule has 1 aromatic rings. The van der Waals surface area contributed by atoms with Crippen LogP contribution in [0.2, 0.25) is 0 Å². The lowest BCUT2D eigenvalue weighted by molar-refractivity contribution is -0.136. The molecule has 0 radical (unpaired) electrons. The Morgan fingerprint density at radius 2 is 1.96 bits per heavy atom. The van der Waals surface area contributed by atoms with Crippen molar-refractivity contribution < 1.29 is 9.59 Å². The minimum atomic E-state index is -0.690. The second-order valence-corrected chi connectivity index (χ2v) is 6.54. The van der Waals surface area contributed by atoms with Crippen LogP contribution in [-0.4, -0.2) is 41.9 Å². The summed E-state index contributed by atoms with van der Waals surface area (Å²) >= 11 is 0. The molecule has 6 heteroatoms. The van der Waals surface area contributed by atoms with Crippen molar-refractivity contribution in [2.75, 3.05) is 18.4 Å². The Morgan fingerprint density at radius 1 is 1.17 bits per heavy atom. The molecule has 126 valence electrons. The molecule has 0 unspecified atom stereocenters. The van der Waals surface area contributed by atoms with Crippen LogP contribution in [0.3, 0.4) is 0 Å². The molecule has 2 aliphatic rings. The SMILES string of the molecule is N#Cc1cccc(NC(=O)C(=O)N[C@@H]2CCN(C3CCCC3)C2)c1. The second-order valence-electron chi connectivity index (χ2n) is 6.54. The van der Waals surface area contributed by atoms with Crippen molar-refractivity contribution >= 4 is 17.5 Å². The van der Waals surface area contributed by atoms with Gasteiger partial charge in [-0.1, -0.05) is 18.9 Å². The van der Waals surface area contributed by atoms with Gasteiger partial charge in [0.25, 0.3) is 0 Å². The molecule has 1 aliphatic heterocycles. The number of carbonyl (C=O) groups excluding carboxylic acids is 2. The Balaban J connectivity index is 1.49. The van der Waals surface area contributed by atoms with Crippen LogP contribution in [0.1, 0.15) is 37.7 Å². The van der Waals surface area contributed by atoms with Gasteiger partial charge in [-0.25, -0.2) is 0 Å². The first kappa shape index (κ1) is 16.5. The van der Waals surface area contributed by atoms with E-state index >= 15 is 0 Å². The molecule has 1 heterocycles. The van der Waals surface area contributed by atoms with E-state index in [9.17, 15) is 9.59 Å². The van der Waals surface area contributed by atoms with Crippen LogP contribution in [0.5, 0.6) is 0 Å². The molecule has 2 fully saturated rings. The van der Waals surface area contributed by atoms with Gasteiger partial charge in [-0.3, -0.25) is 14.5 Å². The van der Waals surface area contributed by atoms with Crippen molar-refractivity contribution in [2.24, 2.45) is 0 Å². The number of hydrogen-bond donors (Lipinski definition) is 2. The first-order chi connectivity index (χ1) is 11.7. The minimum absolute atomic E-state index is 0.0364. The number of hydrogen-bond acceptors (Lipinski definition) is 4. The summed E-state index contributed by atoms with van der Waals surface area (Å²) in [5, 5.41) is 14.2. The number of rotatable bonds is 3. The summed E-state index contributed by atoms with van der Waals surface area (Å²) in [5.41, 5.74) is 0.893. The molecule has 1 atom stereocenters. The number of nitrogens with zero attached hydrogens (tertiary/aromatic N) is 2. The van der Waals surface area contributed by atoms with E-state index in [0.29, 0.717) is 17.3 Å². The van der Waals surface area contributed by atoms with Crippen LogP contribution in [0, 0.1) is 11.3 Å². The average Bonchev–Trinajstić information content (AvgIpc) is 3.26. The van der Waals surface area contributed by atoms with E-state index in [1.165, 1.54) is 25.7 Å². The van der Waals surface area contributed by atoms with Gasteiger partial charge in [0, 0.05) is 30.9 Å². The Labute approximate surface area is 141 Å². The van der Waals surface area contributed by atoms with Gasteiger partial charge in [-0.2, -0.15) is 5.26 Å². The van der Waals surface area contributed by atoms with Crippen molar-refractivity contribution in [3.63, 3.8) is 0 Å². The smallest absolute Gasteiger partial charge is 0.313 e. The van der Waals surface area contributed by atoms with Gasteiger partial charge < -0.3 is 10.6 Å². The van der Waals surface area contributed by atoms with Crippen molar-refractivity contribution in [3.05, 3.63) is 29.8 Å². The highest BCUT2D eigenvalue weighted by molar-refractivity contribution is 6.39. The maximum Gasteiger partial charge on any atom is 0.313 e. The van der Waals surface area contributed by atoms with E-state index in [-0.39, 0.29) is 6.04 Å². The fraction of sp³-hybridized carbons (Fsp3) is 0.500. The van der Waals surface area contributed by atoms with Gasteiger partial charge in [0.1, 0.15) is 0 Å². The van der Waals surface area contributed by atoms with E-state index in [4.69, 9.17) is 5.26 Å². The van der Waals surface area contributed by atoms with Crippen molar-refractivity contribution in [1.29, 1.82) is 5.26 Å². The van der Waals surface area contributed by atoms with Gasteiger partial charge in [0.15, 0.2) is 0 Å². The maximum atomic E-state index is 12.1. The van der Waals surface area contributed by atoms with Gasteiger partial charge in [0.05, 0.1) is 11.6 Å². The highest BCUT2D eigenvalue weighted by Crippen LogP contribution is 2.26. The van der Waals surface area contributed by atoms with Crippen LogP contribution >= 0.6 is 0 Å². The van der Waals surface area contributed by atoms with Crippen molar-refractivity contribution in [3.8, 4) is 6.07 Å². The van der Waals surface area contributed by atoms with E-state index < -0.39 is 11.8 Å². The molecule has 24 heavy (non-hydrogen) atoms. The second kappa shape index (κ2) is 7.45. The number of nitrogens with one attached hydrogen (secondary N) is 2. The predicted molar refractivity (Wildman–Crippen MR) is 90.2 cm³/mol. The molecule has 2 N–H and O–H groups in total. The van der Waals surface area contributed by atoms with E-state index in [0.717, 1.165) is 19.5 Å². The van der Waals surface area contributed by atoms with Crippen LogP contribution in [-0.2, 0) is 9.59 Å². The highest BCUT2D eigenvalue weighted by Gasteiger charge is 2.31. The topological polar surface area (TPSA) is 85.2 Å². The van der Waals surface area contributed by atoms with E-state index in [2.05, 4.69) is 15.5 Å². The molecule has 0 aromatic heterocycles. The maximum absolute atomic E-state index is 12.1. The lowest BCUT2D eigenvalue weighted by Gasteiger charge is -2.23. The molecule has 0 bridgehead atoms. The molecular weight excluding hydrogens is 304 g/mol. The Hall–Kier alpha value is -2.39. The summed E-state index contributed by atoms with van der Waals surface area (Å²) in [6.07, 6.45) is 5.97. The lowest BCUT2D eigenvalue weighted by atomic mass is 10.2. The van der Waals surface area contributed by atoms with Crippen LogP contribution < -0.4 is 10.6 Å². The molecule has 2 amide bonds. The minimum Gasteiger partial charge on any atom is -0.344 e. The predicted octanol–water partition coefficient (Wildman–Crippen LogP) is 1.63. The number of amides is 2. The Bertz CT molecular complexity index is 661. The molecule has 1 saturated heterocycles. The summed E-state index contributed by atoms with van der Waals surface area (Å²) in [6.45, 7) is 1.81. The quantitative estimate of drug-likeness (QED) is 0.827. The first-order valence-corrected chi connectivity index (χ1v) is 8.52. The molecule has 0 spiro atoms. The summed E-state index contributed by atoms with van der Waals surface area (Å²) < 4.78 is 0. The third-order valence-corrected chi connectivity index (χ3v) is 4.85. The van der Waals surface area contributed by atoms with Crippen molar-refractivity contribution in [1.82, 2.24) is 10.2 Å². The third kappa shape index (κ3) is 3.92. The third-order valence-electron chi connectivity index (χ3n) is 4.85. The Morgan fingerprint density at radius 3 is 2.71 bits per heavy atom. The summed E-state index contributed by atoms with van der Waals surface area (Å²) in [6, 6.07) is 9.20.